The third kappa shape index (κ3) is 3.54. The van der Waals surface area contributed by atoms with Crippen LogP contribution in [0.25, 0.3) is 0 Å². The van der Waals surface area contributed by atoms with E-state index in [1.165, 1.54) is 0 Å². The van der Waals surface area contributed by atoms with Crippen molar-refractivity contribution in [3.8, 4) is 0 Å². The monoisotopic (exact) mass is 303 g/mol. The lowest BCUT2D eigenvalue weighted by atomic mass is 10.1. The highest BCUT2D eigenvalue weighted by Gasteiger charge is 2.23. The highest BCUT2D eigenvalue weighted by molar-refractivity contribution is 5.92. The van der Waals surface area contributed by atoms with Crippen LogP contribution in [-0.2, 0) is 13.6 Å². The third-order valence-corrected chi connectivity index (χ3v) is 3.84. The highest BCUT2D eigenvalue weighted by Crippen LogP contribution is 2.14. The van der Waals surface area contributed by atoms with Crippen molar-refractivity contribution in [2.24, 2.45) is 7.05 Å². The molecule has 1 N–H and O–H groups in total. The van der Waals surface area contributed by atoms with E-state index in [2.05, 4.69) is 20.5 Å². The Kier molecular flexibility index (Phi) is 4.24. The molecule has 1 aliphatic heterocycles. The number of amides is 1. The average Bonchev–Trinajstić information content (AvgIpc) is 3.08. The lowest BCUT2D eigenvalue weighted by Crippen LogP contribution is -2.47. The summed E-state index contributed by atoms with van der Waals surface area (Å²) in [6.45, 7) is 4.48. The Balaban J connectivity index is 1.55. The molecule has 0 spiro atoms. The summed E-state index contributed by atoms with van der Waals surface area (Å²) in [4.78, 5) is 14.4. The van der Waals surface area contributed by atoms with Crippen molar-refractivity contribution in [1.82, 2.24) is 25.2 Å². The first-order valence-corrected chi connectivity index (χ1v) is 7.55. The van der Waals surface area contributed by atoms with Crippen molar-refractivity contribution < 1.29 is 9.32 Å². The number of hydrogen-bond donors (Lipinski definition) is 1. The fourth-order valence-corrected chi connectivity index (χ4v) is 2.82. The van der Waals surface area contributed by atoms with Crippen LogP contribution in [-0.4, -0.2) is 44.9 Å². The molecule has 1 saturated heterocycles. The minimum atomic E-state index is -0.108. The van der Waals surface area contributed by atoms with Crippen molar-refractivity contribution in [2.45, 2.75) is 32.4 Å². The summed E-state index contributed by atoms with van der Waals surface area (Å²) in [5, 5.41) is 11.1. The molecular weight excluding hydrogens is 282 g/mol. The van der Waals surface area contributed by atoms with Gasteiger partial charge in [0.15, 0.2) is 5.76 Å². The van der Waals surface area contributed by atoms with Gasteiger partial charge >= 0.3 is 0 Å². The Hall–Kier alpha value is -2.15. The van der Waals surface area contributed by atoms with Crippen molar-refractivity contribution in [3.63, 3.8) is 0 Å². The maximum atomic E-state index is 12.2. The second kappa shape index (κ2) is 6.31. The molecule has 7 nitrogen and oxygen atoms in total. The number of aryl methyl sites for hydroxylation is 2. The Morgan fingerprint density at radius 3 is 3.09 bits per heavy atom. The van der Waals surface area contributed by atoms with Crippen LogP contribution < -0.4 is 5.32 Å². The largest absolute Gasteiger partial charge is 0.360 e. The first-order chi connectivity index (χ1) is 10.6. The summed E-state index contributed by atoms with van der Waals surface area (Å²) in [5.41, 5.74) is 1.36. The van der Waals surface area contributed by atoms with Crippen molar-refractivity contribution >= 4 is 5.91 Å². The van der Waals surface area contributed by atoms with E-state index in [9.17, 15) is 4.79 Å². The molecule has 1 aliphatic rings. The zero-order chi connectivity index (χ0) is 15.5. The van der Waals surface area contributed by atoms with Crippen molar-refractivity contribution in [1.29, 1.82) is 0 Å². The molecule has 22 heavy (non-hydrogen) atoms. The van der Waals surface area contributed by atoms with Gasteiger partial charge in [0.1, 0.15) is 5.69 Å². The molecule has 3 heterocycles. The third-order valence-electron chi connectivity index (χ3n) is 3.84. The van der Waals surface area contributed by atoms with E-state index in [1.54, 1.807) is 24.0 Å². The summed E-state index contributed by atoms with van der Waals surface area (Å²) in [6, 6.07) is 3.83. The SMILES string of the molecule is Cc1cc(CN2CCCC(NC(=O)c3ccn(C)n3)C2)on1. The molecule has 0 aliphatic carbocycles. The maximum Gasteiger partial charge on any atom is 0.272 e. The molecule has 0 saturated carbocycles. The molecule has 118 valence electrons. The summed E-state index contributed by atoms with van der Waals surface area (Å²) in [5.74, 6) is 0.761. The molecule has 1 amide bonds. The number of hydrogen-bond acceptors (Lipinski definition) is 5. The van der Waals surface area contributed by atoms with E-state index in [4.69, 9.17) is 4.52 Å². The lowest BCUT2D eigenvalue weighted by molar-refractivity contribution is 0.0890. The van der Waals surface area contributed by atoms with Crippen LogP contribution in [0.2, 0.25) is 0 Å². The van der Waals surface area contributed by atoms with Gasteiger partial charge in [-0.3, -0.25) is 14.4 Å². The van der Waals surface area contributed by atoms with Gasteiger partial charge in [-0.05, 0) is 32.4 Å². The fourth-order valence-electron chi connectivity index (χ4n) is 2.82. The summed E-state index contributed by atoms with van der Waals surface area (Å²) in [6.07, 6.45) is 3.82. The number of piperidine rings is 1. The van der Waals surface area contributed by atoms with Gasteiger partial charge in [-0.2, -0.15) is 5.10 Å². The number of nitrogens with zero attached hydrogens (tertiary/aromatic N) is 4. The topological polar surface area (TPSA) is 76.2 Å². The van der Waals surface area contributed by atoms with E-state index in [0.29, 0.717) is 5.69 Å². The Labute approximate surface area is 129 Å². The highest BCUT2D eigenvalue weighted by atomic mass is 16.5. The number of rotatable bonds is 4. The minimum absolute atomic E-state index is 0.108. The fraction of sp³-hybridized carbons (Fsp3) is 0.533. The molecule has 0 radical (unpaired) electrons. The second-order valence-corrected chi connectivity index (χ2v) is 5.86. The predicted octanol–water partition coefficient (Wildman–Crippen LogP) is 1.11. The number of carbonyl (C=O) groups excluding carboxylic acids is 1. The molecule has 1 fully saturated rings. The Morgan fingerprint density at radius 2 is 2.41 bits per heavy atom. The Bertz CT molecular complexity index is 648. The van der Waals surface area contributed by atoms with Gasteiger partial charge in [0, 0.05) is 31.9 Å². The van der Waals surface area contributed by atoms with E-state index in [0.717, 1.165) is 43.9 Å². The zero-order valence-electron chi connectivity index (χ0n) is 13.0. The van der Waals surface area contributed by atoms with Crippen molar-refractivity contribution in [2.75, 3.05) is 13.1 Å². The molecule has 7 heteroatoms. The molecule has 1 unspecified atom stereocenters. The van der Waals surface area contributed by atoms with Crippen LogP contribution in [0.1, 0.15) is 34.8 Å². The predicted molar refractivity (Wildman–Crippen MR) is 80.2 cm³/mol. The lowest BCUT2D eigenvalue weighted by Gasteiger charge is -2.32. The standard InChI is InChI=1S/C15H21N5O2/c1-11-8-13(22-18-11)10-20-6-3-4-12(9-20)16-15(21)14-5-7-19(2)17-14/h5,7-8,12H,3-4,6,9-10H2,1-2H3,(H,16,21). The average molecular weight is 303 g/mol. The first kappa shape index (κ1) is 14.8. The zero-order valence-corrected chi connectivity index (χ0v) is 13.0. The van der Waals surface area contributed by atoms with E-state index in [-0.39, 0.29) is 11.9 Å². The summed E-state index contributed by atoms with van der Waals surface area (Å²) in [7, 11) is 1.80. The van der Waals surface area contributed by atoms with Crippen LogP contribution >= 0.6 is 0 Å². The molecule has 0 aromatic carbocycles. The van der Waals surface area contributed by atoms with E-state index in [1.807, 2.05) is 13.0 Å². The molecule has 0 bridgehead atoms. The summed E-state index contributed by atoms with van der Waals surface area (Å²) >= 11 is 0. The molecular formula is C15H21N5O2. The van der Waals surface area contributed by atoms with Crippen molar-refractivity contribution in [3.05, 3.63) is 35.5 Å². The van der Waals surface area contributed by atoms with Gasteiger partial charge in [-0.25, -0.2) is 0 Å². The normalized spacial score (nSPS) is 19.3. The van der Waals surface area contributed by atoms with Gasteiger partial charge in [0.2, 0.25) is 0 Å². The Morgan fingerprint density at radius 1 is 1.55 bits per heavy atom. The number of likely N-dealkylation sites (tertiary alicyclic amines) is 1. The summed E-state index contributed by atoms with van der Waals surface area (Å²) < 4.78 is 6.90. The van der Waals surface area contributed by atoms with Crippen LogP contribution in [0.5, 0.6) is 0 Å². The maximum absolute atomic E-state index is 12.2. The number of carbonyl (C=O) groups is 1. The van der Waals surface area contributed by atoms with Crippen LogP contribution in [0.3, 0.4) is 0 Å². The smallest absolute Gasteiger partial charge is 0.272 e. The quantitative estimate of drug-likeness (QED) is 0.915. The molecule has 1 atom stereocenters. The van der Waals surface area contributed by atoms with Crippen LogP contribution in [0, 0.1) is 6.92 Å². The number of nitrogens with one attached hydrogen (secondary N) is 1. The number of aromatic nitrogens is 3. The molecule has 2 aromatic rings. The van der Waals surface area contributed by atoms with E-state index >= 15 is 0 Å². The van der Waals surface area contributed by atoms with Gasteiger partial charge in [0.05, 0.1) is 12.2 Å². The molecule has 3 rings (SSSR count). The minimum Gasteiger partial charge on any atom is -0.360 e. The van der Waals surface area contributed by atoms with Gasteiger partial charge in [-0.15, -0.1) is 0 Å². The first-order valence-electron chi connectivity index (χ1n) is 7.55. The van der Waals surface area contributed by atoms with Crippen LogP contribution in [0.15, 0.2) is 22.9 Å². The van der Waals surface area contributed by atoms with Gasteiger partial charge < -0.3 is 9.84 Å². The van der Waals surface area contributed by atoms with E-state index < -0.39 is 0 Å². The van der Waals surface area contributed by atoms with Crippen LogP contribution in [0.4, 0.5) is 0 Å². The van der Waals surface area contributed by atoms with Gasteiger partial charge in [-0.1, -0.05) is 5.16 Å². The molecule has 2 aromatic heterocycles. The van der Waals surface area contributed by atoms with Gasteiger partial charge in [0.25, 0.3) is 5.91 Å². The second-order valence-electron chi connectivity index (χ2n) is 5.86.